The SMILES string of the molecule is Nc1c(F)c(N2CCC(N)C2)c(Cl)c2c1c(=O)n(N)c(=O)n2C1CCC1. The number of nitrogen functional groups attached to an aromatic ring is 2. The Labute approximate surface area is 152 Å². The number of hydrogen-bond acceptors (Lipinski definition) is 6. The van der Waals surface area contributed by atoms with Gasteiger partial charge in [0.15, 0.2) is 5.82 Å². The smallest absolute Gasteiger partial charge is 0.350 e. The molecular weight excluding hydrogens is 363 g/mol. The van der Waals surface area contributed by atoms with Gasteiger partial charge in [0.2, 0.25) is 0 Å². The van der Waals surface area contributed by atoms with Gasteiger partial charge in [0, 0.05) is 25.2 Å². The Morgan fingerprint density at radius 2 is 1.88 bits per heavy atom. The van der Waals surface area contributed by atoms with Crippen LogP contribution in [0.1, 0.15) is 31.7 Å². The maximum atomic E-state index is 15.0. The van der Waals surface area contributed by atoms with Crippen LogP contribution in [-0.2, 0) is 0 Å². The van der Waals surface area contributed by atoms with Gasteiger partial charge in [0.05, 0.1) is 27.3 Å². The van der Waals surface area contributed by atoms with Gasteiger partial charge < -0.3 is 22.2 Å². The van der Waals surface area contributed by atoms with Crippen molar-refractivity contribution in [3.05, 3.63) is 31.7 Å². The number of fused-ring (bicyclic) bond motifs is 1. The predicted octanol–water partition coefficient (Wildman–Crippen LogP) is 0.514. The molecule has 1 atom stereocenters. The van der Waals surface area contributed by atoms with Crippen LogP contribution in [0.25, 0.3) is 10.9 Å². The third kappa shape index (κ3) is 2.23. The highest BCUT2D eigenvalue weighted by atomic mass is 35.5. The van der Waals surface area contributed by atoms with Crippen molar-refractivity contribution < 1.29 is 4.39 Å². The molecule has 6 N–H and O–H groups in total. The summed E-state index contributed by atoms with van der Waals surface area (Å²) in [5.74, 6) is 4.85. The van der Waals surface area contributed by atoms with Crippen molar-refractivity contribution in [2.45, 2.75) is 37.8 Å². The molecule has 1 saturated heterocycles. The van der Waals surface area contributed by atoms with Gasteiger partial charge in [-0.25, -0.2) is 9.18 Å². The molecule has 0 spiro atoms. The van der Waals surface area contributed by atoms with Crippen molar-refractivity contribution in [2.24, 2.45) is 5.73 Å². The topological polar surface area (TPSA) is 125 Å². The zero-order valence-electron chi connectivity index (χ0n) is 14.0. The summed E-state index contributed by atoms with van der Waals surface area (Å²) in [5.41, 5.74) is 10.2. The Morgan fingerprint density at radius 1 is 1.19 bits per heavy atom. The largest absolute Gasteiger partial charge is 0.396 e. The van der Waals surface area contributed by atoms with E-state index < -0.39 is 17.1 Å². The van der Waals surface area contributed by atoms with Gasteiger partial charge >= 0.3 is 5.69 Å². The zero-order chi connectivity index (χ0) is 18.7. The maximum Gasteiger partial charge on any atom is 0.350 e. The normalized spacial score (nSPS) is 20.7. The van der Waals surface area contributed by atoms with Gasteiger partial charge in [-0.1, -0.05) is 11.6 Å². The molecule has 0 bridgehead atoms. The van der Waals surface area contributed by atoms with Crippen molar-refractivity contribution in [2.75, 3.05) is 29.6 Å². The van der Waals surface area contributed by atoms with Gasteiger partial charge in [-0.05, 0) is 25.7 Å². The zero-order valence-corrected chi connectivity index (χ0v) is 14.8. The molecule has 26 heavy (non-hydrogen) atoms. The second-order valence-electron chi connectivity index (χ2n) is 7.02. The molecule has 1 aromatic heterocycles. The van der Waals surface area contributed by atoms with E-state index >= 15 is 4.39 Å². The number of nitrogens with two attached hydrogens (primary N) is 3. The van der Waals surface area contributed by atoms with E-state index in [0.29, 0.717) is 24.2 Å². The van der Waals surface area contributed by atoms with Gasteiger partial charge in [0.25, 0.3) is 5.56 Å². The van der Waals surface area contributed by atoms with Gasteiger partial charge in [-0.2, -0.15) is 4.68 Å². The molecular formula is C16H20ClFN6O2. The predicted molar refractivity (Wildman–Crippen MR) is 99.7 cm³/mol. The van der Waals surface area contributed by atoms with E-state index in [0.717, 1.165) is 19.3 Å². The van der Waals surface area contributed by atoms with Gasteiger partial charge in [-0.3, -0.25) is 9.36 Å². The summed E-state index contributed by atoms with van der Waals surface area (Å²) >= 11 is 6.55. The first-order chi connectivity index (χ1) is 12.3. The molecule has 2 heterocycles. The number of aromatic nitrogens is 2. The highest BCUT2D eigenvalue weighted by Crippen LogP contribution is 2.42. The lowest BCUT2D eigenvalue weighted by Crippen LogP contribution is -2.47. The van der Waals surface area contributed by atoms with E-state index in [1.165, 1.54) is 4.57 Å². The molecule has 4 rings (SSSR count). The molecule has 140 valence electrons. The average molecular weight is 383 g/mol. The number of rotatable bonds is 2. The highest BCUT2D eigenvalue weighted by molar-refractivity contribution is 6.38. The van der Waals surface area contributed by atoms with Crippen LogP contribution in [0.4, 0.5) is 15.8 Å². The Bertz CT molecular complexity index is 1030. The third-order valence-corrected chi connectivity index (χ3v) is 5.79. The maximum absolute atomic E-state index is 15.0. The summed E-state index contributed by atoms with van der Waals surface area (Å²) in [4.78, 5) is 26.9. The molecule has 2 aromatic rings. The average Bonchev–Trinajstić information content (AvgIpc) is 2.97. The van der Waals surface area contributed by atoms with Crippen LogP contribution >= 0.6 is 11.6 Å². The van der Waals surface area contributed by atoms with Gasteiger partial charge in [-0.15, -0.1) is 0 Å². The molecule has 0 amide bonds. The fourth-order valence-electron chi connectivity index (χ4n) is 3.80. The van der Waals surface area contributed by atoms with Crippen LogP contribution in [-0.4, -0.2) is 28.4 Å². The van der Waals surface area contributed by atoms with Crippen LogP contribution < -0.4 is 33.5 Å². The van der Waals surface area contributed by atoms with Crippen molar-refractivity contribution in [3.8, 4) is 0 Å². The summed E-state index contributed by atoms with van der Waals surface area (Å²) in [6.45, 7) is 0.938. The third-order valence-electron chi connectivity index (χ3n) is 5.43. The van der Waals surface area contributed by atoms with Crippen LogP contribution in [0.2, 0.25) is 5.02 Å². The van der Waals surface area contributed by atoms with Crippen molar-refractivity contribution in [3.63, 3.8) is 0 Å². The molecule has 8 nitrogen and oxygen atoms in total. The number of halogens is 2. The Hall–Kier alpha value is -2.26. The van der Waals surface area contributed by atoms with Crippen LogP contribution in [0.15, 0.2) is 9.59 Å². The molecule has 1 unspecified atom stereocenters. The van der Waals surface area contributed by atoms with Gasteiger partial charge in [0.1, 0.15) is 0 Å². The van der Waals surface area contributed by atoms with E-state index in [-0.39, 0.29) is 39.4 Å². The molecule has 1 aliphatic carbocycles. The lowest BCUT2D eigenvalue weighted by molar-refractivity contribution is 0.308. The van der Waals surface area contributed by atoms with E-state index in [1.807, 2.05) is 0 Å². The highest BCUT2D eigenvalue weighted by Gasteiger charge is 2.32. The standard InChI is InChI=1S/C16H20ClFN6O2/c17-10-13-9(12(20)11(18)14(10)22-5-4-7(19)6-22)15(25)24(21)16(26)23(13)8-2-1-3-8/h7-8H,1-6,19-21H2. The lowest BCUT2D eigenvalue weighted by Gasteiger charge is -2.31. The molecule has 1 saturated carbocycles. The van der Waals surface area contributed by atoms with Crippen LogP contribution in [0.5, 0.6) is 0 Å². The van der Waals surface area contributed by atoms with Crippen LogP contribution in [0.3, 0.4) is 0 Å². The summed E-state index contributed by atoms with van der Waals surface area (Å²) in [5, 5.41) is -0.156. The fraction of sp³-hybridized carbons (Fsp3) is 0.500. The Kier molecular flexibility index (Phi) is 3.89. The monoisotopic (exact) mass is 382 g/mol. The Morgan fingerprint density at radius 3 is 2.42 bits per heavy atom. The number of nitrogens with zero attached hydrogens (tertiary/aromatic N) is 3. The summed E-state index contributed by atoms with van der Waals surface area (Å²) in [6, 6.07) is -0.246. The lowest BCUT2D eigenvalue weighted by atomic mass is 9.92. The quantitative estimate of drug-likeness (QED) is 0.513. The van der Waals surface area contributed by atoms with Crippen molar-refractivity contribution in [1.82, 2.24) is 9.24 Å². The van der Waals surface area contributed by atoms with Crippen molar-refractivity contribution >= 4 is 33.9 Å². The minimum Gasteiger partial charge on any atom is -0.396 e. The fourth-order valence-corrected chi connectivity index (χ4v) is 4.18. The van der Waals surface area contributed by atoms with Crippen LogP contribution in [0, 0.1) is 5.82 Å². The Balaban J connectivity index is 2.13. The molecule has 1 aliphatic heterocycles. The molecule has 2 aliphatic rings. The first kappa shape index (κ1) is 17.2. The first-order valence-corrected chi connectivity index (χ1v) is 8.94. The first-order valence-electron chi connectivity index (χ1n) is 8.56. The number of hydrogen-bond donors (Lipinski definition) is 3. The van der Waals surface area contributed by atoms with E-state index in [4.69, 9.17) is 28.9 Å². The van der Waals surface area contributed by atoms with E-state index in [9.17, 15) is 9.59 Å². The van der Waals surface area contributed by atoms with Crippen molar-refractivity contribution in [1.29, 1.82) is 0 Å². The molecule has 0 radical (unpaired) electrons. The minimum absolute atomic E-state index is 0.00231. The second-order valence-corrected chi connectivity index (χ2v) is 7.40. The second kappa shape index (κ2) is 5.88. The number of benzene rings is 1. The van der Waals surface area contributed by atoms with E-state index in [1.54, 1.807) is 4.90 Å². The summed E-state index contributed by atoms with van der Waals surface area (Å²) in [7, 11) is 0. The minimum atomic E-state index is -0.858. The summed E-state index contributed by atoms with van der Waals surface area (Å²) < 4.78 is 16.9. The van der Waals surface area contributed by atoms with E-state index in [2.05, 4.69) is 0 Å². The summed E-state index contributed by atoms with van der Waals surface area (Å²) in [6.07, 6.45) is 3.15. The molecule has 2 fully saturated rings. The molecule has 10 heteroatoms. The number of anilines is 2. The molecule has 1 aromatic carbocycles.